The maximum atomic E-state index is 12.8. The Labute approximate surface area is 224 Å². The maximum absolute atomic E-state index is 12.8. The molecule has 0 fully saturated rings. The van der Waals surface area contributed by atoms with Gasteiger partial charge in [0.05, 0.1) is 32.6 Å². The zero-order chi connectivity index (χ0) is 27.8. The molecule has 0 aliphatic carbocycles. The van der Waals surface area contributed by atoms with Crippen molar-refractivity contribution in [2.75, 3.05) is 34.5 Å². The van der Waals surface area contributed by atoms with E-state index in [2.05, 4.69) is 5.10 Å². The number of nitrogens with zero attached hydrogens (tertiary/aromatic N) is 2. The van der Waals surface area contributed by atoms with Gasteiger partial charge in [-0.1, -0.05) is 36.4 Å². The number of hydrogen-bond acceptors (Lipinski definition) is 9. The Morgan fingerprint density at radius 1 is 0.692 bits per heavy atom. The quantitative estimate of drug-likeness (QED) is 0.168. The lowest BCUT2D eigenvalue weighted by Gasteiger charge is -2.10. The molecule has 39 heavy (non-hydrogen) atoms. The van der Waals surface area contributed by atoms with Crippen molar-refractivity contribution >= 4 is 17.9 Å². The van der Waals surface area contributed by atoms with Crippen LogP contribution in [0.5, 0.6) is 11.5 Å². The van der Waals surface area contributed by atoms with Crippen molar-refractivity contribution in [2.24, 2.45) is 0 Å². The molecule has 4 aromatic rings. The van der Waals surface area contributed by atoms with Gasteiger partial charge in [-0.25, -0.2) is 19.1 Å². The highest BCUT2D eigenvalue weighted by Crippen LogP contribution is 2.31. The fourth-order valence-electron chi connectivity index (χ4n) is 3.84. The lowest BCUT2D eigenvalue weighted by molar-refractivity contribution is 0.0549. The Hall–Kier alpha value is -5.12. The summed E-state index contributed by atoms with van der Waals surface area (Å²) in [6, 6.07) is 22.5. The van der Waals surface area contributed by atoms with Gasteiger partial charge in [0.1, 0.15) is 36.0 Å². The van der Waals surface area contributed by atoms with Crippen LogP contribution in [0.1, 0.15) is 31.2 Å². The Morgan fingerprint density at radius 3 is 1.95 bits per heavy atom. The molecule has 0 amide bonds. The molecule has 0 spiro atoms. The Kier molecular flexibility index (Phi) is 8.57. The lowest BCUT2D eigenvalue weighted by Crippen LogP contribution is -2.15. The predicted octanol–water partition coefficient (Wildman–Crippen LogP) is 4.36. The molecule has 10 nitrogen and oxygen atoms in total. The van der Waals surface area contributed by atoms with Gasteiger partial charge in [-0.05, 0) is 42.5 Å². The monoisotopic (exact) mass is 530 g/mol. The molecule has 1 aromatic heterocycles. The van der Waals surface area contributed by atoms with Crippen LogP contribution in [0, 0.1) is 0 Å². The molecule has 0 saturated heterocycles. The first-order chi connectivity index (χ1) is 19.0. The van der Waals surface area contributed by atoms with E-state index in [1.807, 2.05) is 6.07 Å². The molecule has 3 aromatic carbocycles. The van der Waals surface area contributed by atoms with E-state index in [0.717, 1.165) is 0 Å². The topological polar surface area (TPSA) is 115 Å². The Bertz CT molecular complexity index is 1480. The molecule has 0 bridgehead atoms. The van der Waals surface area contributed by atoms with Crippen LogP contribution in [-0.4, -0.2) is 62.2 Å². The first-order valence-corrected chi connectivity index (χ1v) is 11.9. The molecule has 0 atom stereocenters. The molecule has 10 heteroatoms. The summed E-state index contributed by atoms with van der Waals surface area (Å²) < 4.78 is 27.6. The number of ether oxygens (including phenoxy) is 5. The number of benzene rings is 3. The second-order valence-electron chi connectivity index (χ2n) is 8.05. The molecule has 0 saturated carbocycles. The van der Waals surface area contributed by atoms with Crippen LogP contribution in [0.25, 0.3) is 16.9 Å². The van der Waals surface area contributed by atoms with Gasteiger partial charge in [-0.3, -0.25) is 0 Å². The van der Waals surface area contributed by atoms with E-state index in [9.17, 15) is 14.4 Å². The maximum Gasteiger partial charge on any atom is 0.357 e. The minimum Gasteiger partial charge on any atom is -0.490 e. The average Bonchev–Trinajstić information content (AvgIpc) is 3.39. The summed E-state index contributed by atoms with van der Waals surface area (Å²) in [7, 11) is 3.77. The van der Waals surface area contributed by atoms with Crippen LogP contribution in [0.2, 0.25) is 0 Å². The first kappa shape index (κ1) is 26.9. The fraction of sp³-hybridized carbons (Fsp3) is 0.172. The molecule has 0 aliphatic heterocycles. The van der Waals surface area contributed by atoms with Gasteiger partial charge in [0, 0.05) is 5.56 Å². The molecular formula is C29H26N2O8. The van der Waals surface area contributed by atoms with Gasteiger partial charge in [-0.15, -0.1) is 0 Å². The van der Waals surface area contributed by atoms with Crippen molar-refractivity contribution in [3.8, 4) is 28.4 Å². The number of rotatable bonds is 10. The summed E-state index contributed by atoms with van der Waals surface area (Å²) in [4.78, 5) is 37.3. The van der Waals surface area contributed by atoms with Crippen molar-refractivity contribution in [3.63, 3.8) is 0 Å². The average molecular weight is 531 g/mol. The van der Waals surface area contributed by atoms with E-state index in [1.165, 1.54) is 26.0 Å². The standard InChI is InChI=1S/C29H26N2O8/c1-35-27(32)20-10-8-14-23(18-20)39-16-15-38-22-13-7-9-19(17-22)25-24(28(33)36-2)26(29(34)37-3)31(30-25)21-11-5-4-6-12-21/h4-14,17-18H,15-16H2,1-3H3. The minimum absolute atomic E-state index is 0.0285. The SMILES string of the molecule is COC(=O)c1cccc(OCCOc2cccc(-c3nn(-c4ccccc4)c(C(=O)OC)c3C(=O)OC)c2)c1. The first-order valence-electron chi connectivity index (χ1n) is 11.9. The zero-order valence-corrected chi connectivity index (χ0v) is 21.6. The lowest BCUT2D eigenvalue weighted by atomic mass is 10.1. The summed E-state index contributed by atoms with van der Waals surface area (Å²) in [6.07, 6.45) is 0. The van der Waals surface area contributed by atoms with E-state index < -0.39 is 17.9 Å². The van der Waals surface area contributed by atoms with Crippen LogP contribution in [0.3, 0.4) is 0 Å². The molecular weight excluding hydrogens is 504 g/mol. The summed E-state index contributed by atoms with van der Waals surface area (Å²) in [5.74, 6) is -0.936. The largest absolute Gasteiger partial charge is 0.490 e. The van der Waals surface area contributed by atoms with Crippen LogP contribution in [-0.2, 0) is 14.2 Å². The summed E-state index contributed by atoms with van der Waals surface area (Å²) in [6.45, 7) is 0.402. The highest BCUT2D eigenvalue weighted by Gasteiger charge is 2.31. The third-order valence-electron chi connectivity index (χ3n) is 5.64. The summed E-state index contributed by atoms with van der Waals surface area (Å²) >= 11 is 0. The predicted molar refractivity (Wildman–Crippen MR) is 140 cm³/mol. The molecule has 200 valence electrons. The molecule has 0 aliphatic rings. The van der Waals surface area contributed by atoms with Crippen molar-refractivity contribution in [2.45, 2.75) is 0 Å². The van der Waals surface area contributed by atoms with Gasteiger partial charge in [-0.2, -0.15) is 5.10 Å². The third-order valence-corrected chi connectivity index (χ3v) is 5.64. The molecule has 0 radical (unpaired) electrons. The highest BCUT2D eigenvalue weighted by atomic mass is 16.5. The zero-order valence-electron chi connectivity index (χ0n) is 21.6. The van der Waals surface area contributed by atoms with Gasteiger partial charge < -0.3 is 23.7 Å². The van der Waals surface area contributed by atoms with Crippen LogP contribution in [0.15, 0.2) is 78.9 Å². The summed E-state index contributed by atoms with van der Waals surface area (Å²) in [5, 5.41) is 4.59. The minimum atomic E-state index is -0.737. The number of carbonyl (C=O) groups excluding carboxylic acids is 3. The Morgan fingerprint density at radius 2 is 1.31 bits per heavy atom. The molecule has 0 N–H and O–H groups in total. The van der Waals surface area contributed by atoms with Crippen LogP contribution < -0.4 is 9.47 Å². The van der Waals surface area contributed by atoms with Crippen molar-refractivity contribution in [1.29, 1.82) is 0 Å². The molecule has 4 rings (SSSR count). The number of esters is 3. The van der Waals surface area contributed by atoms with Crippen molar-refractivity contribution < 1.29 is 38.1 Å². The van der Waals surface area contributed by atoms with Gasteiger partial charge >= 0.3 is 17.9 Å². The number of hydrogen-bond donors (Lipinski definition) is 0. The van der Waals surface area contributed by atoms with Gasteiger partial charge in [0.25, 0.3) is 0 Å². The van der Waals surface area contributed by atoms with E-state index in [0.29, 0.717) is 28.3 Å². The number of aromatic nitrogens is 2. The third kappa shape index (κ3) is 6.07. The van der Waals surface area contributed by atoms with E-state index in [4.69, 9.17) is 23.7 Å². The highest BCUT2D eigenvalue weighted by molar-refractivity contribution is 6.06. The summed E-state index contributed by atoms with van der Waals surface area (Å²) in [5.41, 5.74) is 1.62. The van der Waals surface area contributed by atoms with Crippen LogP contribution >= 0.6 is 0 Å². The van der Waals surface area contributed by atoms with Crippen molar-refractivity contribution in [1.82, 2.24) is 9.78 Å². The van der Waals surface area contributed by atoms with Gasteiger partial charge in [0.2, 0.25) is 0 Å². The van der Waals surface area contributed by atoms with E-state index in [1.54, 1.807) is 72.8 Å². The number of methoxy groups -OCH3 is 3. The molecule has 0 unspecified atom stereocenters. The van der Waals surface area contributed by atoms with Crippen molar-refractivity contribution in [3.05, 3.63) is 95.7 Å². The van der Waals surface area contributed by atoms with Gasteiger partial charge in [0.15, 0.2) is 5.69 Å². The molecule has 1 heterocycles. The number of para-hydroxylation sites is 1. The number of carbonyl (C=O) groups is 3. The second kappa shape index (κ2) is 12.4. The fourth-order valence-corrected chi connectivity index (χ4v) is 3.84. The smallest absolute Gasteiger partial charge is 0.357 e. The second-order valence-corrected chi connectivity index (χ2v) is 8.05. The van der Waals surface area contributed by atoms with Crippen LogP contribution in [0.4, 0.5) is 0 Å². The van der Waals surface area contributed by atoms with E-state index in [-0.39, 0.29) is 30.2 Å². The Balaban J connectivity index is 1.58. The normalized spacial score (nSPS) is 10.4. The van der Waals surface area contributed by atoms with E-state index >= 15 is 0 Å².